The van der Waals surface area contributed by atoms with Crippen LogP contribution in [0.3, 0.4) is 0 Å². The SMILES string of the molecule is COc1c(-c2ccccc2)c(OC(C)=O)c2ccn(C)c2c1OC. The summed E-state index contributed by atoms with van der Waals surface area (Å²) in [5, 5.41) is 0.796. The summed E-state index contributed by atoms with van der Waals surface area (Å²) in [6, 6.07) is 11.6. The van der Waals surface area contributed by atoms with Crippen LogP contribution in [0.15, 0.2) is 42.6 Å². The number of fused-ring (bicyclic) bond motifs is 1. The molecule has 0 radical (unpaired) electrons. The zero-order valence-corrected chi connectivity index (χ0v) is 14.1. The summed E-state index contributed by atoms with van der Waals surface area (Å²) in [6.45, 7) is 1.39. The Balaban J connectivity index is 2.49. The topological polar surface area (TPSA) is 49.7 Å². The van der Waals surface area contributed by atoms with E-state index in [1.54, 1.807) is 14.2 Å². The minimum Gasteiger partial charge on any atom is -0.492 e. The van der Waals surface area contributed by atoms with Gasteiger partial charge in [-0.15, -0.1) is 0 Å². The second-order valence-corrected chi connectivity index (χ2v) is 5.42. The normalized spacial score (nSPS) is 10.7. The lowest BCUT2D eigenvalue weighted by Gasteiger charge is -2.19. The molecule has 1 heterocycles. The minimum atomic E-state index is -0.385. The molecule has 0 atom stereocenters. The van der Waals surface area contributed by atoms with Crippen LogP contribution >= 0.6 is 0 Å². The maximum Gasteiger partial charge on any atom is 0.308 e. The van der Waals surface area contributed by atoms with E-state index in [-0.39, 0.29) is 5.97 Å². The number of esters is 1. The van der Waals surface area contributed by atoms with Gasteiger partial charge < -0.3 is 18.8 Å². The predicted molar refractivity (Wildman–Crippen MR) is 92.8 cm³/mol. The van der Waals surface area contributed by atoms with Gasteiger partial charge in [0, 0.05) is 25.6 Å². The van der Waals surface area contributed by atoms with Crippen molar-refractivity contribution in [1.29, 1.82) is 0 Å². The third kappa shape index (κ3) is 2.48. The lowest BCUT2D eigenvalue weighted by atomic mass is 10.00. The molecule has 3 aromatic rings. The van der Waals surface area contributed by atoms with Gasteiger partial charge in [0.05, 0.1) is 25.3 Å². The number of carbonyl (C=O) groups excluding carboxylic acids is 1. The van der Waals surface area contributed by atoms with Gasteiger partial charge in [0.25, 0.3) is 0 Å². The van der Waals surface area contributed by atoms with Gasteiger partial charge in [-0.1, -0.05) is 30.3 Å². The summed E-state index contributed by atoms with van der Waals surface area (Å²) in [5.41, 5.74) is 2.39. The monoisotopic (exact) mass is 325 g/mol. The van der Waals surface area contributed by atoms with Crippen molar-refractivity contribution in [2.24, 2.45) is 7.05 Å². The van der Waals surface area contributed by atoms with Gasteiger partial charge in [0.2, 0.25) is 0 Å². The van der Waals surface area contributed by atoms with Crippen molar-refractivity contribution in [2.75, 3.05) is 14.2 Å². The van der Waals surface area contributed by atoms with E-state index in [1.807, 2.05) is 54.2 Å². The Labute approximate surface area is 140 Å². The van der Waals surface area contributed by atoms with E-state index in [0.29, 0.717) is 22.8 Å². The Kier molecular flexibility index (Phi) is 4.16. The molecule has 0 N–H and O–H groups in total. The van der Waals surface area contributed by atoms with E-state index in [4.69, 9.17) is 14.2 Å². The van der Waals surface area contributed by atoms with E-state index < -0.39 is 0 Å². The van der Waals surface area contributed by atoms with Gasteiger partial charge in [0.1, 0.15) is 0 Å². The Hall–Kier alpha value is -2.95. The van der Waals surface area contributed by atoms with Crippen molar-refractivity contribution in [3.63, 3.8) is 0 Å². The van der Waals surface area contributed by atoms with Gasteiger partial charge in [-0.2, -0.15) is 0 Å². The number of hydrogen-bond donors (Lipinski definition) is 0. The lowest BCUT2D eigenvalue weighted by molar-refractivity contribution is -0.131. The highest BCUT2D eigenvalue weighted by atomic mass is 16.5. The molecule has 0 amide bonds. The zero-order chi connectivity index (χ0) is 17.3. The molecule has 124 valence electrons. The second-order valence-electron chi connectivity index (χ2n) is 5.42. The summed E-state index contributed by atoms with van der Waals surface area (Å²) in [6.07, 6.45) is 1.90. The van der Waals surface area contributed by atoms with Crippen LogP contribution in [0.5, 0.6) is 17.2 Å². The van der Waals surface area contributed by atoms with Gasteiger partial charge in [-0.05, 0) is 11.6 Å². The van der Waals surface area contributed by atoms with E-state index in [0.717, 1.165) is 16.5 Å². The first-order chi connectivity index (χ1) is 11.6. The molecule has 0 saturated heterocycles. The molecular formula is C19H19NO4. The van der Waals surface area contributed by atoms with Crippen LogP contribution in [0.25, 0.3) is 22.0 Å². The van der Waals surface area contributed by atoms with Crippen molar-refractivity contribution in [3.05, 3.63) is 42.6 Å². The molecule has 2 aromatic carbocycles. The highest BCUT2D eigenvalue weighted by Crippen LogP contribution is 2.50. The van der Waals surface area contributed by atoms with Crippen LogP contribution < -0.4 is 14.2 Å². The van der Waals surface area contributed by atoms with Gasteiger partial charge in [-0.25, -0.2) is 0 Å². The molecule has 0 bridgehead atoms. The predicted octanol–water partition coefficient (Wildman–Crippen LogP) is 3.79. The maximum atomic E-state index is 11.7. The molecule has 0 unspecified atom stereocenters. The number of benzene rings is 2. The molecule has 3 rings (SSSR count). The number of nitrogens with zero attached hydrogens (tertiary/aromatic N) is 1. The van der Waals surface area contributed by atoms with E-state index in [2.05, 4.69) is 0 Å². The molecule has 0 aliphatic rings. The average Bonchev–Trinajstić information content (AvgIpc) is 2.96. The van der Waals surface area contributed by atoms with Gasteiger partial charge in [0.15, 0.2) is 17.2 Å². The molecule has 5 heteroatoms. The first-order valence-electron chi connectivity index (χ1n) is 7.55. The molecular weight excluding hydrogens is 306 g/mol. The Morgan fingerprint density at radius 3 is 2.21 bits per heavy atom. The number of rotatable bonds is 4. The number of hydrogen-bond acceptors (Lipinski definition) is 4. The van der Waals surface area contributed by atoms with Crippen LogP contribution in [0, 0.1) is 0 Å². The molecule has 24 heavy (non-hydrogen) atoms. The van der Waals surface area contributed by atoms with E-state index in [9.17, 15) is 4.79 Å². The largest absolute Gasteiger partial charge is 0.492 e. The Morgan fingerprint density at radius 1 is 0.958 bits per heavy atom. The number of carbonyl (C=O) groups is 1. The fraction of sp³-hybridized carbons (Fsp3) is 0.211. The summed E-state index contributed by atoms with van der Waals surface area (Å²) >= 11 is 0. The van der Waals surface area contributed by atoms with E-state index >= 15 is 0 Å². The van der Waals surface area contributed by atoms with Crippen molar-refractivity contribution < 1.29 is 19.0 Å². The first-order valence-corrected chi connectivity index (χ1v) is 7.55. The molecule has 0 aliphatic carbocycles. The minimum absolute atomic E-state index is 0.385. The standard InChI is InChI=1S/C19H19NO4/c1-12(21)24-17-14-10-11-20(2)16(14)19(23-4)18(22-3)15(17)13-8-6-5-7-9-13/h5-11H,1-4H3. The Morgan fingerprint density at radius 2 is 1.62 bits per heavy atom. The van der Waals surface area contributed by atoms with Gasteiger partial charge in [-0.3, -0.25) is 4.79 Å². The number of aromatic nitrogens is 1. The first kappa shape index (κ1) is 15.9. The van der Waals surface area contributed by atoms with Gasteiger partial charge >= 0.3 is 5.97 Å². The van der Waals surface area contributed by atoms with Crippen LogP contribution in [0.2, 0.25) is 0 Å². The van der Waals surface area contributed by atoms with Crippen molar-refractivity contribution >= 4 is 16.9 Å². The number of ether oxygens (including phenoxy) is 3. The Bertz CT molecular complexity index is 897. The molecule has 0 spiro atoms. The maximum absolute atomic E-state index is 11.7. The van der Waals surface area contributed by atoms with Crippen molar-refractivity contribution in [2.45, 2.75) is 6.92 Å². The third-order valence-corrected chi connectivity index (χ3v) is 3.91. The molecule has 0 fully saturated rings. The summed E-state index contributed by atoms with van der Waals surface area (Å²) < 4.78 is 18.8. The molecule has 1 aromatic heterocycles. The summed E-state index contributed by atoms with van der Waals surface area (Å²) in [7, 11) is 5.09. The highest BCUT2D eigenvalue weighted by Gasteiger charge is 2.26. The molecule has 5 nitrogen and oxygen atoms in total. The summed E-state index contributed by atoms with van der Waals surface area (Å²) in [5.74, 6) is 1.23. The quantitative estimate of drug-likeness (QED) is 0.541. The van der Waals surface area contributed by atoms with Crippen LogP contribution in [-0.4, -0.2) is 24.8 Å². The average molecular weight is 325 g/mol. The number of methoxy groups -OCH3 is 2. The second kappa shape index (κ2) is 6.28. The third-order valence-electron chi connectivity index (χ3n) is 3.91. The molecule has 0 aliphatic heterocycles. The zero-order valence-electron chi connectivity index (χ0n) is 14.1. The van der Waals surface area contributed by atoms with Crippen molar-refractivity contribution in [1.82, 2.24) is 4.57 Å². The van der Waals surface area contributed by atoms with Crippen LogP contribution in [0.4, 0.5) is 0 Å². The fourth-order valence-corrected chi connectivity index (χ4v) is 2.96. The van der Waals surface area contributed by atoms with E-state index in [1.165, 1.54) is 6.92 Å². The van der Waals surface area contributed by atoms with Crippen molar-refractivity contribution in [3.8, 4) is 28.4 Å². The lowest BCUT2D eigenvalue weighted by Crippen LogP contribution is -2.06. The molecule has 0 saturated carbocycles. The smallest absolute Gasteiger partial charge is 0.308 e. The van der Waals surface area contributed by atoms with Crippen LogP contribution in [-0.2, 0) is 11.8 Å². The number of aryl methyl sites for hydroxylation is 1. The highest BCUT2D eigenvalue weighted by molar-refractivity contribution is 6.03. The summed E-state index contributed by atoms with van der Waals surface area (Å²) in [4.78, 5) is 11.7. The van der Waals surface area contributed by atoms with Crippen LogP contribution in [0.1, 0.15) is 6.92 Å². The fourth-order valence-electron chi connectivity index (χ4n) is 2.96.